The second-order valence-corrected chi connectivity index (χ2v) is 15.7. The second kappa shape index (κ2) is 18.7. The van der Waals surface area contributed by atoms with Gasteiger partial charge < -0.3 is 54.0 Å². The molecule has 0 saturated carbocycles. The first-order valence-electron chi connectivity index (χ1n) is 18.6. The number of ketones is 1. The van der Waals surface area contributed by atoms with Gasteiger partial charge in [-0.3, -0.25) is 9.59 Å². The lowest BCUT2D eigenvalue weighted by molar-refractivity contribution is -0.301. The molecular formula is C39H64N2O12. The molecule has 0 unspecified atom stereocenters. The highest BCUT2D eigenvalue weighted by atomic mass is 16.7. The number of benzene rings is 1. The van der Waals surface area contributed by atoms with Gasteiger partial charge in [0.05, 0.1) is 29.8 Å². The molecule has 2 saturated heterocycles. The maximum absolute atomic E-state index is 14.1. The van der Waals surface area contributed by atoms with Crippen molar-refractivity contribution in [2.45, 2.75) is 141 Å². The number of hydrogen-bond acceptors (Lipinski definition) is 13. The number of carbonyl (C=O) groups is 3. The SMILES string of the molecule is CC[C@H]1OC(=O)[C@H](C)[C@@H](OC(=O)NCc2ccc(O)cc2)[C@H](C)[C@@H](O[C@@H]2O[C@H](C)C[C@H](N(C)C)[C@H]2O)[C@](C)(OC)C[C@@H](C)C(=O)[C@@H](C)[C@@H](OC)[C@]1(C)O. The first-order chi connectivity index (χ1) is 24.7. The third-order valence-corrected chi connectivity index (χ3v) is 11.3. The predicted octanol–water partition coefficient (Wildman–Crippen LogP) is 3.81. The fraction of sp³-hybridized carbons (Fsp3) is 0.769. The highest BCUT2D eigenvalue weighted by molar-refractivity contribution is 5.83. The van der Waals surface area contributed by atoms with Gasteiger partial charge in [0.25, 0.3) is 0 Å². The Bertz CT molecular complexity index is 1360. The summed E-state index contributed by atoms with van der Waals surface area (Å²) in [6, 6.07) is 5.99. The number of nitrogens with one attached hydrogen (secondary N) is 1. The molecule has 0 bridgehead atoms. The van der Waals surface area contributed by atoms with E-state index in [1.54, 1.807) is 53.7 Å². The fourth-order valence-corrected chi connectivity index (χ4v) is 8.17. The number of methoxy groups -OCH3 is 2. The monoisotopic (exact) mass is 752 g/mol. The molecule has 302 valence electrons. The number of aliphatic hydroxyl groups is 2. The lowest BCUT2D eigenvalue weighted by Crippen LogP contribution is -2.61. The highest BCUT2D eigenvalue weighted by Crippen LogP contribution is 2.40. The summed E-state index contributed by atoms with van der Waals surface area (Å²) in [5.74, 6) is -4.29. The van der Waals surface area contributed by atoms with Crippen molar-refractivity contribution in [1.29, 1.82) is 0 Å². The van der Waals surface area contributed by atoms with Crippen molar-refractivity contribution < 1.29 is 58.1 Å². The van der Waals surface area contributed by atoms with Crippen molar-refractivity contribution in [2.75, 3.05) is 28.3 Å². The molecule has 3 rings (SSSR count). The summed E-state index contributed by atoms with van der Waals surface area (Å²) in [6.45, 7) is 13.7. The summed E-state index contributed by atoms with van der Waals surface area (Å²) in [7, 11) is 6.62. The van der Waals surface area contributed by atoms with E-state index in [0.717, 1.165) is 0 Å². The first kappa shape index (κ1) is 44.5. The van der Waals surface area contributed by atoms with E-state index in [-0.39, 0.29) is 43.1 Å². The van der Waals surface area contributed by atoms with E-state index in [0.29, 0.717) is 12.0 Å². The van der Waals surface area contributed by atoms with Gasteiger partial charge in [-0.2, -0.15) is 0 Å². The number of likely N-dealkylation sites (N-methyl/N-ethyl adjacent to an activating group) is 1. The molecule has 14 atom stereocenters. The minimum absolute atomic E-state index is 0.0671. The Morgan fingerprint density at radius 2 is 1.64 bits per heavy atom. The van der Waals surface area contributed by atoms with Gasteiger partial charge in [-0.15, -0.1) is 0 Å². The van der Waals surface area contributed by atoms with Crippen LogP contribution >= 0.6 is 0 Å². The number of amides is 1. The predicted molar refractivity (Wildman–Crippen MR) is 196 cm³/mol. The number of Topliss-reactive ketones (excluding diaryl/α,β-unsaturated/α-hetero) is 1. The fourth-order valence-electron chi connectivity index (χ4n) is 8.17. The number of phenolic OH excluding ortho intramolecular Hbond substituents is 1. The van der Waals surface area contributed by atoms with Gasteiger partial charge in [0.2, 0.25) is 0 Å². The number of carbonyl (C=O) groups excluding carboxylic acids is 3. The molecule has 2 heterocycles. The second-order valence-electron chi connectivity index (χ2n) is 15.7. The van der Waals surface area contributed by atoms with Gasteiger partial charge in [-0.25, -0.2) is 4.79 Å². The summed E-state index contributed by atoms with van der Waals surface area (Å²) in [5, 5.41) is 35.8. The maximum atomic E-state index is 14.1. The van der Waals surface area contributed by atoms with Crippen LogP contribution in [0.15, 0.2) is 24.3 Å². The Labute approximate surface area is 314 Å². The van der Waals surface area contributed by atoms with E-state index in [1.165, 1.54) is 33.3 Å². The lowest BCUT2D eigenvalue weighted by atomic mass is 9.73. The van der Waals surface area contributed by atoms with Crippen LogP contribution < -0.4 is 5.32 Å². The van der Waals surface area contributed by atoms with Gasteiger partial charge in [0.1, 0.15) is 35.4 Å². The average molecular weight is 753 g/mol. The summed E-state index contributed by atoms with van der Waals surface area (Å²) in [6.07, 6.45) is -6.82. The molecule has 14 nitrogen and oxygen atoms in total. The Kier molecular flexibility index (Phi) is 15.7. The molecule has 2 aliphatic rings. The van der Waals surface area contributed by atoms with Gasteiger partial charge in [0.15, 0.2) is 6.29 Å². The molecule has 2 aliphatic heterocycles. The minimum Gasteiger partial charge on any atom is -0.508 e. The van der Waals surface area contributed by atoms with Crippen molar-refractivity contribution in [2.24, 2.45) is 23.7 Å². The summed E-state index contributed by atoms with van der Waals surface area (Å²) >= 11 is 0. The molecule has 1 aromatic carbocycles. The third-order valence-electron chi connectivity index (χ3n) is 11.3. The van der Waals surface area contributed by atoms with Gasteiger partial charge in [0, 0.05) is 44.6 Å². The van der Waals surface area contributed by atoms with Crippen LogP contribution in [0.3, 0.4) is 0 Å². The number of esters is 1. The van der Waals surface area contributed by atoms with Crippen LogP contribution in [0.5, 0.6) is 5.75 Å². The van der Waals surface area contributed by atoms with Crippen molar-refractivity contribution in [3.8, 4) is 5.75 Å². The van der Waals surface area contributed by atoms with Gasteiger partial charge in [-0.1, -0.05) is 39.8 Å². The Morgan fingerprint density at radius 3 is 2.19 bits per heavy atom. The number of nitrogens with zero attached hydrogens (tertiary/aromatic N) is 1. The Morgan fingerprint density at radius 1 is 1.02 bits per heavy atom. The zero-order chi connectivity index (χ0) is 40.0. The largest absolute Gasteiger partial charge is 0.508 e. The van der Waals surface area contributed by atoms with Gasteiger partial charge in [-0.05, 0) is 78.7 Å². The lowest BCUT2D eigenvalue weighted by Gasteiger charge is -2.48. The van der Waals surface area contributed by atoms with Crippen LogP contribution in [0.1, 0.15) is 80.2 Å². The maximum Gasteiger partial charge on any atom is 0.407 e. The Balaban J connectivity index is 2.16. The molecule has 0 radical (unpaired) electrons. The first-order valence-corrected chi connectivity index (χ1v) is 18.6. The smallest absolute Gasteiger partial charge is 0.407 e. The quantitative estimate of drug-likeness (QED) is 0.268. The molecule has 0 spiro atoms. The van der Waals surface area contributed by atoms with E-state index in [1.807, 2.05) is 25.9 Å². The summed E-state index contributed by atoms with van der Waals surface area (Å²) in [4.78, 5) is 43.7. The molecule has 1 aromatic rings. The van der Waals surface area contributed by atoms with Crippen LogP contribution in [0, 0.1) is 23.7 Å². The molecule has 14 heteroatoms. The number of alkyl carbamates (subject to hydrolysis) is 1. The van der Waals surface area contributed by atoms with Crippen LogP contribution in [0.2, 0.25) is 0 Å². The van der Waals surface area contributed by atoms with Gasteiger partial charge >= 0.3 is 12.1 Å². The number of hydrogen-bond donors (Lipinski definition) is 4. The number of aliphatic hydroxyl groups excluding tert-OH is 1. The molecule has 1 amide bonds. The van der Waals surface area contributed by atoms with Crippen LogP contribution in [-0.4, -0.2) is 127 Å². The van der Waals surface area contributed by atoms with Crippen LogP contribution in [0.4, 0.5) is 4.79 Å². The van der Waals surface area contributed by atoms with Crippen molar-refractivity contribution >= 4 is 17.8 Å². The third kappa shape index (κ3) is 10.5. The summed E-state index contributed by atoms with van der Waals surface area (Å²) < 4.78 is 37.0. The number of aromatic hydroxyl groups is 1. The topological polar surface area (TPSA) is 183 Å². The molecule has 2 fully saturated rings. The summed E-state index contributed by atoms with van der Waals surface area (Å²) in [5.41, 5.74) is -2.35. The van der Waals surface area contributed by atoms with Crippen LogP contribution in [0.25, 0.3) is 0 Å². The van der Waals surface area contributed by atoms with E-state index >= 15 is 0 Å². The van der Waals surface area contributed by atoms with Crippen molar-refractivity contribution in [1.82, 2.24) is 10.2 Å². The number of ether oxygens (including phenoxy) is 6. The number of cyclic esters (lactones) is 1. The normalized spacial score (nSPS) is 39.2. The van der Waals surface area contributed by atoms with E-state index in [4.69, 9.17) is 28.4 Å². The molecule has 53 heavy (non-hydrogen) atoms. The van der Waals surface area contributed by atoms with E-state index in [2.05, 4.69) is 5.32 Å². The molecular weight excluding hydrogens is 688 g/mol. The van der Waals surface area contributed by atoms with Crippen molar-refractivity contribution in [3.63, 3.8) is 0 Å². The zero-order valence-electron chi connectivity index (χ0n) is 33.5. The van der Waals surface area contributed by atoms with Crippen molar-refractivity contribution in [3.05, 3.63) is 29.8 Å². The average Bonchev–Trinajstić information content (AvgIpc) is 3.10. The molecule has 0 aromatic heterocycles. The van der Waals surface area contributed by atoms with E-state index in [9.17, 15) is 29.7 Å². The Hall–Kier alpha value is -2.85. The zero-order valence-corrected chi connectivity index (χ0v) is 33.5. The molecule has 4 N–H and O–H groups in total. The molecule has 0 aliphatic carbocycles. The highest BCUT2D eigenvalue weighted by Gasteiger charge is 2.53. The van der Waals surface area contributed by atoms with E-state index < -0.39 is 83.7 Å². The number of rotatable bonds is 9. The minimum atomic E-state index is -1.77. The standard InChI is InChI=1S/C39H64N2O12/c1-13-29-39(8,47)34(48-11)23(4)30(43)21(2)19-38(7,49-12)33(53-36-31(44)28(41(9)10)18-22(3)50-36)24(5)32(25(6)35(45)51-29)52-37(46)40-20-26-14-16-27(42)17-15-26/h14-17,21-25,28-29,31-34,36,42,44,47H,13,18-20H2,1-12H3,(H,40,46)/t21-,22-,23-,24+,25-,28+,29-,31-,32+,33-,34-,36+,38-,39-/m1/s1. The number of phenols is 1. The van der Waals surface area contributed by atoms with Crippen LogP contribution in [-0.2, 0) is 44.6 Å².